The predicted octanol–water partition coefficient (Wildman–Crippen LogP) is 9.00. The molecule has 0 heterocycles. The fraction of sp³-hybridized carbons (Fsp3) is 0.651. The zero-order chi connectivity index (χ0) is 40.7. The number of nitrogens with two attached hydrogens (primary N) is 1. The summed E-state index contributed by atoms with van der Waals surface area (Å²) in [6.45, 7) is 3.60. The van der Waals surface area contributed by atoms with Crippen LogP contribution < -0.4 is 5.73 Å². The molecule has 0 bridgehead atoms. The second-order valence-electron chi connectivity index (χ2n) is 13.4. The smallest absolute Gasteiger partial charge is 0.472 e. The standard InChI is InChI=1S/C43H74NO10P/c1-3-5-7-8-9-10-11-12-13-14-15-16-17-20-23-27-35-51-37-40(38-53-55(49,50)52-36-34-44)54-43(48)33-28-32-42(47)41(46)31-26-22-19-18-21-25-30-39(45)29-24-6-4-2/h6,12-13,18-19,21-22,24-27,30-31,35,39-42,45-47H,3-5,7-11,14-17,20,23,28-29,32-34,36-38,44H2,1-2H3,(H,49,50)/b13-12-,21-18+,22-19-,24-6-,30-25+,31-26-,35-27+/t39-,40+,41+,42+/m0/s1. The van der Waals surface area contributed by atoms with Crippen molar-refractivity contribution >= 4 is 13.8 Å². The molecule has 0 aliphatic carbocycles. The van der Waals surface area contributed by atoms with Crippen molar-refractivity contribution in [2.24, 2.45) is 5.73 Å². The maximum Gasteiger partial charge on any atom is 0.472 e. The number of allylic oxidation sites excluding steroid dienone is 10. The zero-order valence-corrected chi connectivity index (χ0v) is 34.6. The molecule has 12 heteroatoms. The number of aliphatic hydroxyl groups is 3. The van der Waals surface area contributed by atoms with Crippen LogP contribution in [0, 0.1) is 0 Å². The molecule has 0 aromatic heterocycles. The predicted molar refractivity (Wildman–Crippen MR) is 223 cm³/mol. The van der Waals surface area contributed by atoms with Gasteiger partial charge in [0.2, 0.25) is 0 Å². The maximum atomic E-state index is 12.6. The van der Waals surface area contributed by atoms with Crippen LogP contribution in [0.1, 0.15) is 129 Å². The van der Waals surface area contributed by atoms with E-state index in [0.717, 1.165) is 32.1 Å². The normalized spacial score (nSPS) is 16.1. The minimum atomic E-state index is -4.40. The molecule has 6 N–H and O–H groups in total. The summed E-state index contributed by atoms with van der Waals surface area (Å²) in [5, 5.41) is 30.4. The Labute approximate surface area is 332 Å². The van der Waals surface area contributed by atoms with Gasteiger partial charge >= 0.3 is 13.8 Å². The molecule has 0 aromatic rings. The SMILES string of the molecule is CC/C=C\C[C@H](O)/C=C/C=C/C=C\C=C/[C@@H](O)[C@H](O)CCCC(=O)O[C@H](CO/C=C/CCCCCC/C=C\CCCCCCCC)COP(=O)(O)OCCN. The van der Waals surface area contributed by atoms with E-state index in [9.17, 15) is 29.6 Å². The molecule has 0 rings (SSSR count). The van der Waals surface area contributed by atoms with Gasteiger partial charge in [-0.2, -0.15) is 0 Å². The molecule has 11 nitrogen and oxygen atoms in total. The van der Waals surface area contributed by atoms with Crippen LogP contribution in [0.2, 0.25) is 0 Å². The van der Waals surface area contributed by atoms with Gasteiger partial charge in [-0.25, -0.2) is 4.57 Å². The van der Waals surface area contributed by atoms with Crippen molar-refractivity contribution in [3.8, 4) is 0 Å². The highest BCUT2D eigenvalue weighted by Crippen LogP contribution is 2.43. The van der Waals surface area contributed by atoms with Gasteiger partial charge in [0.15, 0.2) is 6.10 Å². The van der Waals surface area contributed by atoms with Crippen LogP contribution in [0.25, 0.3) is 0 Å². The largest absolute Gasteiger partial charge is 0.498 e. The number of aliphatic hydroxyl groups excluding tert-OH is 3. The van der Waals surface area contributed by atoms with E-state index in [0.29, 0.717) is 6.42 Å². The topological polar surface area (TPSA) is 178 Å². The Morgan fingerprint density at radius 2 is 1.31 bits per heavy atom. The zero-order valence-electron chi connectivity index (χ0n) is 33.7. The van der Waals surface area contributed by atoms with Gasteiger partial charge in [0.25, 0.3) is 0 Å². The Hall–Kier alpha value is -2.60. The Morgan fingerprint density at radius 1 is 0.709 bits per heavy atom. The molecule has 1 unspecified atom stereocenters. The number of esters is 1. The number of hydrogen-bond donors (Lipinski definition) is 5. The Balaban J connectivity index is 4.51. The molecule has 5 atom stereocenters. The van der Waals surface area contributed by atoms with Gasteiger partial charge in [-0.15, -0.1) is 0 Å². The average Bonchev–Trinajstić information content (AvgIpc) is 3.16. The molecule has 316 valence electrons. The summed E-state index contributed by atoms with van der Waals surface area (Å²) in [5.74, 6) is -0.611. The van der Waals surface area contributed by atoms with Crippen molar-refractivity contribution in [3.05, 3.63) is 85.3 Å². The van der Waals surface area contributed by atoms with Crippen molar-refractivity contribution in [3.63, 3.8) is 0 Å². The number of ether oxygens (including phenoxy) is 2. The first-order valence-electron chi connectivity index (χ1n) is 20.5. The molecule has 0 aliphatic rings. The van der Waals surface area contributed by atoms with Crippen molar-refractivity contribution < 1.29 is 48.1 Å². The van der Waals surface area contributed by atoms with Gasteiger partial charge in [-0.05, 0) is 70.3 Å². The minimum absolute atomic E-state index is 0.0308. The maximum absolute atomic E-state index is 12.6. The summed E-state index contributed by atoms with van der Waals surface area (Å²) < 4.78 is 32.9. The minimum Gasteiger partial charge on any atom is -0.498 e. The van der Waals surface area contributed by atoms with Crippen molar-refractivity contribution in [2.75, 3.05) is 26.4 Å². The van der Waals surface area contributed by atoms with Gasteiger partial charge in [-0.3, -0.25) is 13.8 Å². The van der Waals surface area contributed by atoms with Gasteiger partial charge < -0.3 is 35.4 Å². The third-order valence-corrected chi connectivity index (χ3v) is 9.19. The van der Waals surface area contributed by atoms with Gasteiger partial charge in [0.05, 0.1) is 37.8 Å². The van der Waals surface area contributed by atoms with Crippen molar-refractivity contribution in [1.82, 2.24) is 0 Å². The van der Waals surface area contributed by atoms with Crippen LogP contribution in [-0.2, 0) is 27.9 Å². The van der Waals surface area contributed by atoms with E-state index in [1.807, 2.05) is 25.2 Å². The first-order valence-corrected chi connectivity index (χ1v) is 21.9. The lowest BCUT2D eigenvalue weighted by Crippen LogP contribution is -2.28. The lowest BCUT2D eigenvalue weighted by atomic mass is 10.1. The van der Waals surface area contributed by atoms with E-state index in [4.69, 9.17) is 24.3 Å². The van der Waals surface area contributed by atoms with E-state index in [2.05, 4.69) is 19.1 Å². The number of carbonyl (C=O) groups is 1. The first kappa shape index (κ1) is 52.4. The number of phosphoric acid groups is 1. The van der Waals surface area contributed by atoms with Crippen LogP contribution in [0.15, 0.2) is 85.3 Å². The van der Waals surface area contributed by atoms with E-state index in [1.54, 1.807) is 42.5 Å². The Kier molecular flexibility index (Phi) is 36.5. The average molecular weight is 796 g/mol. The van der Waals surface area contributed by atoms with Crippen LogP contribution in [-0.4, -0.2) is 77.0 Å². The molecule has 0 saturated heterocycles. The van der Waals surface area contributed by atoms with E-state index < -0.39 is 44.8 Å². The monoisotopic (exact) mass is 796 g/mol. The third kappa shape index (κ3) is 36.8. The van der Waals surface area contributed by atoms with Gasteiger partial charge in [0, 0.05) is 13.0 Å². The van der Waals surface area contributed by atoms with E-state index >= 15 is 0 Å². The molecule has 0 spiro atoms. The quantitative estimate of drug-likeness (QED) is 0.0101. The van der Waals surface area contributed by atoms with Crippen LogP contribution in [0.4, 0.5) is 0 Å². The third-order valence-electron chi connectivity index (χ3n) is 8.20. The van der Waals surface area contributed by atoms with Crippen molar-refractivity contribution in [1.29, 1.82) is 0 Å². The summed E-state index contributed by atoms with van der Waals surface area (Å²) in [5.41, 5.74) is 5.33. The molecule has 0 aromatic carbocycles. The first-order chi connectivity index (χ1) is 26.6. The van der Waals surface area contributed by atoms with Crippen LogP contribution in [0.5, 0.6) is 0 Å². The Bertz CT molecular complexity index is 1170. The molecule has 0 aliphatic heterocycles. The highest BCUT2D eigenvalue weighted by molar-refractivity contribution is 7.47. The summed E-state index contributed by atoms with van der Waals surface area (Å²) in [6.07, 6.45) is 39.2. The summed E-state index contributed by atoms with van der Waals surface area (Å²) in [7, 11) is -4.40. The second kappa shape index (κ2) is 38.3. The summed E-state index contributed by atoms with van der Waals surface area (Å²) >= 11 is 0. The van der Waals surface area contributed by atoms with E-state index in [-0.39, 0.29) is 39.0 Å². The second-order valence-corrected chi connectivity index (χ2v) is 14.8. The molecule has 0 amide bonds. The highest BCUT2D eigenvalue weighted by atomic mass is 31.2. The van der Waals surface area contributed by atoms with Gasteiger partial charge in [0.1, 0.15) is 6.61 Å². The van der Waals surface area contributed by atoms with Crippen LogP contribution in [0.3, 0.4) is 0 Å². The van der Waals surface area contributed by atoms with Crippen molar-refractivity contribution in [2.45, 2.75) is 154 Å². The molecular weight excluding hydrogens is 721 g/mol. The fourth-order valence-corrected chi connectivity index (χ4v) is 5.83. The molecular formula is C43H74NO10P. The highest BCUT2D eigenvalue weighted by Gasteiger charge is 2.25. The summed E-state index contributed by atoms with van der Waals surface area (Å²) in [6, 6.07) is 0. The lowest BCUT2D eigenvalue weighted by Gasteiger charge is -2.19. The summed E-state index contributed by atoms with van der Waals surface area (Å²) in [4.78, 5) is 22.4. The number of phosphoric ester groups is 1. The van der Waals surface area contributed by atoms with E-state index in [1.165, 1.54) is 70.1 Å². The number of unbranched alkanes of at least 4 members (excludes halogenated alkanes) is 11. The number of carbonyl (C=O) groups excluding carboxylic acids is 1. The number of hydrogen-bond acceptors (Lipinski definition) is 10. The lowest BCUT2D eigenvalue weighted by molar-refractivity contribution is -0.153. The molecule has 0 saturated carbocycles. The fourth-order valence-electron chi connectivity index (χ4n) is 5.06. The van der Waals surface area contributed by atoms with Crippen LogP contribution >= 0.6 is 7.82 Å². The molecule has 55 heavy (non-hydrogen) atoms. The number of rotatable bonds is 37. The molecule has 0 fully saturated rings. The Morgan fingerprint density at radius 3 is 1.95 bits per heavy atom. The molecule has 0 radical (unpaired) electrons. The van der Waals surface area contributed by atoms with Gasteiger partial charge in [-0.1, -0.05) is 132 Å².